The Morgan fingerprint density at radius 3 is 2.64 bits per heavy atom. The van der Waals surface area contributed by atoms with Crippen molar-refractivity contribution in [3.63, 3.8) is 0 Å². The largest absolute Gasteiger partial charge is 0.505 e. The van der Waals surface area contributed by atoms with E-state index in [2.05, 4.69) is 6.07 Å². The average molecular weight is 169 g/mol. The second-order valence-electron chi connectivity index (χ2n) is 1.75. The topological polar surface area (TPSA) is 60.2 Å². The molecule has 0 aliphatic rings. The van der Waals surface area contributed by atoms with Crippen molar-refractivity contribution < 1.29 is 9.13 Å². The minimum Gasteiger partial charge on any atom is -0.258 e. The van der Waals surface area contributed by atoms with Gasteiger partial charge in [0, 0.05) is 22.4 Å². The van der Waals surface area contributed by atoms with Gasteiger partial charge in [0.05, 0.1) is 11.0 Å². The fraction of sp³-hybridized carbons (Fsp3) is 0. The van der Waals surface area contributed by atoms with Crippen LogP contribution in [0.25, 0.3) is 0 Å². The highest BCUT2D eigenvalue weighted by Crippen LogP contribution is 2.10. The third-order valence-electron chi connectivity index (χ3n) is 1.07. The summed E-state index contributed by atoms with van der Waals surface area (Å²) in [5.41, 5.74) is -0.0530. The van der Waals surface area contributed by atoms with Crippen LogP contribution in [0, 0.1) is 16.2 Å². The highest BCUT2D eigenvalue weighted by Gasteiger charge is 2.10. The molecule has 1 rings (SSSR count). The van der Waals surface area contributed by atoms with Crippen LogP contribution >= 0.6 is 0 Å². The Morgan fingerprint density at radius 2 is 2.27 bits per heavy atom. The van der Waals surface area contributed by atoms with Gasteiger partial charge in [0.15, 0.2) is 0 Å². The molecule has 0 aromatic heterocycles. The van der Waals surface area contributed by atoms with E-state index in [1.54, 1.807) is 0 Å². The third-order valence-corrected chi connectivity index (χ3v) is 1.50. The highest BCUT2D eigenvalue weighted by atomic mass is 32.1. The van der Waals surface area contributed by atoms with Crippen LogP contribution in [-0.4, -0.2) is 4.92 Å². The quantitative estimate of drug-likeness (QED) is 0.379. The maximum Gasteiger partial charge on any atom is 0.505 e. The molecule has 0 atom stereocenters. The van der Waals surface area contributed by atoms with Crippen LogP contribution in [0.1, 0.15) is 0 Å². The van der Waals surface area contributed by atoms with Crippen molar-refractivity contribution in [2.45, 2.75) is 4.90 Å². The molecule has 11 heavy (non-hydrogen) atoms. The van der Waals surface area contributed by atoms with Crippen LogP contribution in [0.3, 0.4) is 0 Å². The Bertz CT molecular complexity index is 282. The van der Waals surface area contributed by atoms with Gasteiger partial charge in [0.25, 0.3) is 10.6 Å². The Morgan fingerprint density at radius 1 is 1.55 bits per heavy atom. The zero-order chi connectivity index (χ0) is 8.27. The van der Waals surface area contributed by atoms with Crippen molar-refractivity contribution in [2.75, 3.05) is 0 Å². The van der Waals surface area contributed by atoms with Crippen molar-refractivity contribution in [1.29, 1.82) is 0 Å². The molecule has 0 N–H and O–H groups in total. The molecule has 0 spiro atoms. The number of non-ortho nitro benzene ring substituents is 1. The molecule has 0 amide bonds. The molecule has 1 aromatic rings. The van der Waals surface area contributed by atoms with Crippen LogP contribution in [0.15, 0.2) is 23.1 Å². The minimum atomic E-state index is -0.532. The van der Waals surface area contributed by atoms with Gasteiger partial charge in [-0.15, -0.1) is 0 Å². The molecule has 0 saturated carbocycles. The first-order chi connectivity index (χ1) is 5.24. The maximum absolute atomic E-state index is 10.1. The van der Waals surface area contributed by atoms with Crippen molar-refractivity contribution in [3.8, 4) is 0 Å². The van der Waals surface area contributed by atoms with Gasteiger partial charge in [0.1, 0.15) is 0 Å². The van der Waals surface area contributed by atoms with Gasteiger partial charge in [-0.1, -0.05) is 0 Å². The van der Waals surface area contributed by atoms with Crippen LogP contribution in [0.5, 0.6) is 0 Å². The molecule has 0 fully saturated rings. The minimum absolute atomic E-state index is 0.0530. The van der Waals surface area contributed by atoms with E-state index in [9.17, 15) is 14.3 Å². The average Bonchev–Trinajstić information content (AvgIpc) is 2.05. The van der Waals surface area contributed by atoms with Gasteiger partial charge in [-0.3, -0.25) is 10.1 Å². The first-order valence-corrected chi connectivity index (χ1v) is 3.44. The molecule has 0 unspecified atom stereocenters. The molecule has 5 heteroatoms. The lowest BCUT2D eigenvalue weighted by atomic mass is 10.3. The second kappa shape index (κ2) is 3.16. The number of nitro groups is 1. The van der Waals surface area contributed by atoms with E-state index >= 15 is 0 Å². The van der Waals surface area contributed by atoms with E-state index in [0.717, 1.165) is 0 Å². The monoisotopic (exact) mass is 169 g/mol. The van der Waals surface area contributed by atoms with Crippen molar-refractivity contribution in [2.24, 2.45) is 0 Å². The Labute approximate surface area is 66.5 Å². The normalized spacial score (nSPS) is 9.09. The van der Waals surface area contributed by atoms with Crippen LogP contribution in [0.2, 0.25) is 0 Å². The summed E-state index contributed by atoms with van der Waals surface area (Å²) in [5, 5.41) is 10.1. The van der Waals surface area contributed by atoms with E-state index in [1.165, 1.54) is 18.2 Å². The molecule has 0 heterocycles. The lowest BCUT2D eigenvalue weighted by Gasteiger charge is -1.84. The molecule has 1 aromatic carbocycles. The lowest BCUT2D eigenvalue weighted by molar-refractivity contribution is -0.384. The van der Waals surface area contributed by atoms with Gasteiger partial charge in [-0.2, -0.15) is 0 Å². The second-order valence-corrected chi connectivity index (χ2v) is 2.36. The van der Waals surface area contributed by atoms with E-state index < -0.39 is 4.92 Å². The van der Waals surface area contributed by atoms with E-state index in [1.807, 2.05) is 0 Å². The molecule has 55 valence electrons. The summed E-state index contributed by atoms with van der Waals surface area (Å²) >= 11 is 0.261. The molecule has 0 aliphatic carbocycles. The van der Waals surface area contributed by atoms with Gasteiger partial charge in [-0.05, 0) is 0 Å². The van der Waals surface area contributed by atoms with Crippen molar-refractivity contribution in [3.05, 3.63) is 34.4 Å². The fourth-order valence-electron chi connectivity index (χ4n) is 0.568. The maximum atomic E-state index is 10.1. The number of hydrogen-bond donors (Lipinski definition) is 0. The van der Waals surface area contributed by atoms with Crippen molar-refractivity contribution in [1.82, 2.24) is 0 Å². The molecular formula is C6H3NO3S+. The molecule has 4 nitrogen and oxygen atoms in total. The third kappa shape index (κ3) is 1.78. The van der Waals surface area contributed by atoms with Crippen molar-refractivity contribution >= 4 is 17.4 Å². The SMILES string of the molecule is O=[S+]c1[c]cc([N+](=O)[O-])cc1. The lowest BCUT2D eigenvalue weighted by Crippen LogP contribution is -1.86. The van der Waals surface area contributed by atoms with E-state index in [-0.39, 0.29) is 17.4 Å². The summed E-state index contributed by atoms with van der Waals surface area (Å²) in [6.07, 6.45) is 0. The molecule has 0 saturated heterocycles. The Hall–Kier alpha value is -1.36. The van der Waals surface area contributed by atoms with E-state index in [0.29, 0.717) is 4.90 Å². The number of rotatable bonds is 2. The zero-order valence-electron chi connectivity index (χ0n) is 5.31. The predicted molar refractivity (Wildman–Crippen MR) is 38.2 cm³/mol. The molecule has 0 bridgehead atoms. The smallest absolute Gasteiger partial charge is 0.258 e. The Balaban J connectivity index is 3.00. The van der Waals surface area contributed by atoms with Crippen LogP contribution in [0.4, 0.5) is 5.69 Å². The van der Waals surface area contributed by atoms with Gasteiger partial charge in [-0.25, -0.2) is 0 Å². The standard InChI is InChI=1S/C6H3NO3S/c8-7(9)5-1-3-6(11-10)4-2-5/h1-3H/q+1. The summed E-state index contributed by atoms with van der Waals surface area (Å²) in [7, 11) is 0. The number of hydrogen-bond acceptors (Lipinski definition) is 3. The molecular weight excluding hydrogens is 166 g/mol. The van der Waals surface area contributed by atoms with Gasteiger partial charge in [0.2, 0.25) is 0 Å². The van der Waals surface area contributed by atoms with E-state index in [4.69, 9.17) is 0 Å². The number of benzene rings is 1. The zero-order valence-corrected chi connectivity index (χ0v) is 6.13. The first-order valence-electron chi connectivity index (χ1n) is 2.70. The summed E-state index contributed by atoms with van der Waals surface area (Å²) in [6.45, 7) is 0. The van der Waals surface area contributed by atoms with Gasteiger partial charge >= 0.3 is 11.7 Å². The summed E-state index contributed by atoms with van der Waals surface area (Å²) in [5.74, 6) is 0. The number of nitrogens with zero attached hydrogens (tertiary/aromatic N) is 1. The van der Waals surface area contributed by atoms with Crippen LogP contribution in [-0.2, 0) is 15.9 Å². The summed E-state index contributed by atoms with van der Waals surface area (Å²) < 4.78 is 10.1. The Kier molecular flexibility index (Phi) is 2.22. The highest BCUT2D eigenvalue weighted by molar-refractivity contribution is 7.65. The molecule has 1 radical (unpaired) electrons. The number of nitro benzene ring substituents is 1. The first kappa shape index (κ1) is 7.74. The summed E-state index contributed by atoms with van der Waals surface area (Å²) in [4.78, 5) is 9.93. The molecule has 0 aliphatic heterocycles. The van der Waals surface area contributed by atoms with Crippen LogP contribution < -0.4 is 0 Å². The summed E-state index contributed by atoms with van der Waals surface area (Å²) in [6, 6.07) is 6.30. The fourth-order valence-corrected chi connectivity index (χ4v) is 0.798. The predicted octanol–water partition coefficient (Wildman–Crippen LogP) is 1.18. The van der Waals surface area contributed by atoms with Gasteiger partial charge < -0.3 is 0 Å².